The first-order valence-electron chi connectivity index (χ1n) is 9.42. The van der Waals surface area contributed by atoms with E-state index in [1.807, 2.05) is 29.1 Å². The monoisotopic (exact) mass is 361 g/mol. The van der Waals surface area contributed by atoms with Crippen molar-refractivity contribution in [2.24, 2.45) is 4.99 Å². The Morgan fingerprint density at radius 2 is 1.59 bits per heavy atom. The van der Waals surface area contributed by atoms with Crippen molar-refractivity contribution in [3.8, 4) is 5.69 Å². The third kappa shape index (κ3) is 5.99. The lowest BCUT2D eigenvalue weighted by molar-refractivity contribution is 0.739. The molecule has 2 aromatic carbocycles. The molecule has 5 heteroatoms. The molecular formula is C22H27N5. The highest BCUT2D eigenvalue weighted by Gasteiger charge is 2.02. The lowest BCUT2D eigenvalue weighted by atomic mass is 10.1. The van der Waals surface area contributed by atoms with Gasteiger partial charge in [-0.25, -0.2) is 4.68 Å². The molecule has 0 fully saturated rings. The lowest BCUT2D eigenvalue weighted by Gasteiger charge is -2.11. The van der Waals surface area contributed by atoms with Gasteiger partial charge in [0.25, 0.3) is 0 Å². The van der Waals surface area contributed by atoms with E-state index in [0.717, 1.165) is 44.0 Å². The fourth-order valence-corrected chi connectivity index (χ4v) is 2.90. The predicted octanol–water partition coefficient (Wildman–Crippen LogP) is 3.21. The van der Waals surface area contributed by atoms with Gasteiger partial charge < -0.3 is 10.6 Å². The van der Waals surface area contributed by atoms with Crippen molar-refractivity contribution in [3.63, 3.8) is 0 Å². The topological polar surface area (TPSA) is 54.2 Å². The van der Waals surface area contributed by atoms with Crippen molar-refractivity contribution in [3.05, 3.63) is 84.2 Å². The molecule has 0 aliphatic heterocycles. The van der Waals surface area contributed by atoms with Crippen LogP contribution in [0.1, 0.15) is 17.5 Å². The molecule has 3 rings (SSSR count). The fourth-order valence-electron chi connectivity index (χ4n) is 2.90. The van der Waals surface area contributed by atoms with E-state index >= 15 is 0 Å². The molecule has 0 aliphatic rings. The Hall–Kier alpha value is -3.08. The second-order valence-electron chi connectivity index (χ2n) is 6.39. The normalized spacial score (nSPS) is 11.4. The SMILES string of the molecule is CN=C(NCCCc1ccccc1)NCCc1cnn(-c2ccccc2)c1. The number of aromatic nitrogens is 2. The molecule has 0 radical (unpaired) electrons. The molecular weight excluding hydrogens is 334 g/mol. The number of hydrogen-bond donors (Lipinski definition) is 2. The molecule has 0 bridgehead atoms. The minimum absolute atomic E-state index is 0.818. The first-order chi connectivity index (χ1) is 13.3. The molecule has 0 amide bonds. The van der Waals surface area contributed by atoms with Crippen LogP contribution in [0.3, 0.4) is 0 Å². The van der Waals surface area contributed by atoms with E-state index in [1.54, 1.807) is 7.05 Å². The first kappa shape index (κ1) is 18.7. The van der Waals surface area contributed by atoms with Gasteiger partial charge in [-0.3, -0.25) is 4.99 Å². The number of benzene rings is 2. The number of rotatable bonds is 8. The predicted molar refractivity (Wildman–Crippen MR) is 111 cm³/mol. The Labute approximate surface area is 161 Å². The Balaban J connectivity index is 1.37. The van der Waals surface area contributed by atoms with Crippen LogP contribution in [0.2, 0.25) is 0 Å². The third-order valence-corrected chi connectivity index (χ3v) is 4.36. The van der Waals surface area contributed by atoms with Crippen molar-refractivity contribution >= 4 is 5.96 Å². The van der Waals surface area contributed by atoms with Gasteiger partial charge in [0.15, 0.2) is 5.96 Å². The van der Waals surface area contributed by atoms with Crippen molar-refractivity contribution in [2.75, 3.05) is 20.1 Å². The van der Waals surface area contributed by atoms with Gasteiger partial charge in [0.05, 0.1) is 11.9 Å². The van der Waals surface area contributed by atoms with Crippen LogP contribution >= 0.6 is 0 Å². The van der Waals surface area contributed by atoms with Gasteiger partial charge >= 0.3 is 0 Å². The second-order valence-corrected chi connectivity index (χ2v) is 6.39. The highest BCUT2D eigenvalue weighted by atomic mass is 15.3. The maximum absolute atomic E-state index is 4.44. The average Bonchev–Trinajstić information content (AvgIpc) is 3.20. The van der Waals surface area contributed by atoms with Crippen molar-refractivity contribution in [2.45, 2.75) is 19.3 Å². The summed E-state index contributed by atoms with van der Waals surface area (Å²) in [5, 5.41) is 11.2. The Kier molecular flexibility index (Phi) is 7.04. The van der Waals surface area contributed by atoms with Gasteiger partial charge in [0, 0.05) is 26.3 Å². The maximum Gasteiger partial charge on any atom is 0.190 e. The van der Waals surface area contributed by atoms with E-state index < -0.39 is 0 Å². The van der Waals surface area contributed by atoms with Crippen molar-refractivity contribution < 1.29 is 0 Å². The summed E-state index contributed by atoms with van der Waals surface area (Å²) >= 11 is 0. The molecule has 5 nitrogen and oxygen atoms in total. The van der Waals surface area contributed by atoms with Gasteiger partial charge in [-0.1, -0.05) is 48.5 Å². The Bertz CT molecular complexity index is 824. The standard InChI is InChI=1S/C22H27N5/c1-23-22(24-15-8-11-19-9-4-2-5-10-19)25-16-14-20-17-26-27(18-20)21-12-6-3-7-13-21/h2-7,9-10,12-13,17-18H,8,11,14-16H2,1H3,(H2,23,24,25). The van der Waals surface area contributed by atoms with Crippen molar-refractivity contribution in [1.29, 1.82) is 0 Å². The zero-order chi connectivity index (χ0) is 18.7. The minimum Gasteiger partial charge on any atom is -0.356 e. The number of para-hydroxylation sites is 1. The Morgan fingerprint density at radius 3 is 2.33 bits per heavy atom. The van der Waals surface area contributed by atoms with Crippen molar-refractivity contribution in [1.82, 2.24) is 20.4 Å². The van der Waals surface area contributed by atoms with E-state index in [2.05, 4.69) is 69.4 Å². The number of aliphatic imine (C=N–C) groups is 1. The summed E-state index contributed by atoms with van der Waals surface area (Å²) in [7, 11) is 1.81. The number of hydrogen-bond acceptors (Lipinski definition) is 2. The lowest BCUT2D eigenvalue weighted by Crippen LogP contribution is -2.38. The molecule has 0 saturated heterocycles. The zero-order valence-corrected chi connectivity index (χ0v) is 15.8. The molecule has 1 heterocycles. The Morgan fingerprint density at radius 1 is 0.889 bits per heavy atom. The largest absolute Gasteiger partial charge is 0.356 e. The second kappa shape index (κ2) is 10.2. The van der Waals surface area contributed by atoms with E-state index in [1.165, 1.54) is 11.1 Å². The van der Waals surface area contributed by atoms with Crippen LogP contribution in [-0.4, -0.2) is 35.9 Å². The number of guanidine groups is 1. The quantitative estimate of drug-likeness (QED) is 0.368. The number of nitrogens with zero attached hydrogens (tertiary/aromatic N) is 3. The molecule has 140 valence electrons. The van der Waals surface area contributed by atoms with Gasteiger partial charge in [0.1, 0.15) is 0 Å². The zero-order valence-electron chi connectivity index (χ0n) is 15.8. The van der Waals surface area contributed by atoms with Gasteiger partial charge in [-0.2, -0.15) is 5.10 Å². The van der Waals surface area contributed by atoms with Gasteiger partial charge in [0.2, 0.25) is 0 Å². The summed E-state index contributed by atoms with van der Waals surface area (Å²) in [5.41, 5.74) is 3.65. The molecule has 0 aliphatic carbocycles. The molecule has 0 atom stereocenters. The van der Waals surface area contributed by atoms with Crippen LogP contribution in [0.15, 0.2) is 78.0 Å². The highest BCUT2D eigenvalue weighted by molar-refractivity contribution is 5.79. The van der Waals surface area contributed by atoms with Crippen LogP contribution in [0.25, 0.3) is 5.69 Å². The van der Waals surface area contributed by atoms with Crippen LogP contribution < -0.4 is 10.6 Å². The van der Waals surface area contributed by atoms with Crippen LogP contribution in [0.4, 0.5) is 0 Å². The molecule has 3 aromatic rings. The third-order valence-electron chi connectivity index (χ3n) is 4.36. The molecule has 2 N–H and O–H groups in total. The maximum atomic E-state index is 4.44. The smallest absolute Gasteiger partial charge is 0.190 e. The van der Waals surface area contributed by atoms with E-state index in [9.17, 15) is 0 Å². The van der Waals surface area contributed by atoms with Gasteiger partial charge in [-0.05, 0) is 42.5 Å². The summed E-state index contributed by atoms with van der Waals surface area (Å²) in [6.45, 7) is 1.72. The summed E-state index contributed by atoms with van der Waals surface area (Å²) in [6, 6.07) is 20.7. The molecule has 0 spiro atoms. The fraction of sp³-hybridized carbons (Fsp3) is 0.273. The highest BCUT2D eigenvalue weighted by Crippen LogP contribution is 2.07. The van der Waals surface area contributed by atoms with Crippen LogP contribution in [0.5, 0.6) is 0 Å². The van der Waals surface area contributed by atoms with Crippen LogP contribution in [-0.2, 0) is 12.8 Å². The summed E-state index contributed by atoms with van der Waals surface area (Å²) < 4.78 is 1.91. The van der Waals surface area contributed by atoms with E-state index in [4.69, 9.17) is 0 Å². The minimum atomic E-state index is 0.818. The number of aryl methyl sites for hydroxylation is 1. The first-order valence-corrected chi connectivity index (χ1v) is 9.42. The molecule has 1 aromatic heterocycles. The number of nitrogens with one attached hydrogen (secondary N) is 2. The average molecular weight is 361 g/mol. The molecule has 0 saturated carbocycles. The van der Waals surface area contributed by atoms with Crippen LogP contribution in [0, 0.1) is 0 Å². The van der Waals surface area contributed by atoms with E-state index in [0.29, 0.717) is 0 Å². The summed E-state index contributed by atoms with van der Waals surface area (Å²) in [6.07, 6.45) is 7.05. The molecule has 27 heavy (non-hydrogen) atoms. The summed E-state index contributed by atoms with van der Waals surface area (Å²) in [5.74, 6) is 0.846. The molecule has 0 unspecified atom stereocenters. The van der Waals surface area contributed by atoms with Gasteiger partial charge in [-0.15, -0.1) is 0 Å². The summed E-state index contributed by atoms with van der Waals surface area (Å²) in [4.78, 5) is 4.29. The van der Waals surface area contributed by atoms with E-state index in [-0.39, 0.29) is 0 Å².